The molecule has 2 atom stereocenters. The lowest BCUT2D eigenvalue weighted by molar-refractivity contribution is -0.128. The van der Waals surface area contributed by atoms with E-state index in [0.29, 0.717) is 36.1 Å². The van der Waals surface area contributed by atoms with Gasteiger partial charge in [-0.15, -0.1) is 0 Å². The van der Waals surface area contributed by atoms with Crippen molar-refractivity contribution in [3.05, 3.63) is 99.0 Å². The Bertz CT molecular complexity index is 1230. The third-order valence-corrected chi connectivity index (χ3v) is 7.29. The Morgan fingerprint density at radius 2 is 1.81 bits per heavy atom. The molecule has 2 N–H and O–H groups in total. The van der Waals surface area contributed by atoms with E-state index in [1.807, 2.05) is 73.7 Å². The predicted molar refractivity (Wildman–Crippen MR) is 145 cm³/mol. The number of nitrogens with zero attached hydrogens (tertiary/aromatic N) is 1. The lowest BCUT2D eigenvalue weighted by atomic mass is 9.86. The number of aliphatic hydroxyl groups excluding tert-OH is 1. The highest BCUT2D eigenvalue weighted by Gasteiger charge is 2.50. The second kappa shape index (κ2) is 11.9. The van der Waals surface area contributed by atoms with Crippen molar-refractivity contribution < 1.29 is 19.4 Å². The first kappa shape index (κ1) is 26.2. The van der Waals surface area contributed by atoms with Crippen molar-refractivity contribution in [2.75, 3.05) is 13.2 Å². The Kier molecular flexibility index (Phi) is 8.67. The largest absolute Gasteiger partial charge is 0.494 e. The zero-order valence-electron chi connectivity index (χ0n) is 19.9. The number of nitrogens with one attached hydrogen (secondary N) is 1. The monoisotopic (exact) mass is 570 g/mol. The van der Waals surface area contributed by atoms with E-state index in [1.54, 1.807) is 6.07 Å². The van der Waals surface area contributed by atoms with E-state index < -0.39 is 11.6 Å². The van der Waals surface area contributed by atoms with E-state index in [9.17, 15) is 4.79 Å². The average Bonchev–Trinajstić information content (AvgIpc) is 3.22. The molecule has 1 aliphatic rings. The molecule has 4 rings (SSSR count). The van der Waals surface area contributed by atoms with Crippen molar-refractivity contribution >= 4 is 39.3 Å². The predicted octanol–water partition coefficient (Wildman–Crippen LogP) is 5.33. The van der Waals surface area contributed by atoms with Crippen LogP contribution in [0.4, 0.5) is 0 Å². The van der Waals surface area contributed by atoms with Gasteiger partial charge in [0.25, 0.3) is 5.91 Å². The van der Waals surface area contributed by atoms with E-state index in [4.69, 9.17) is 31.2 Å². The Morgan fingerprint density at radius 3 is 2.50 bits per heavy atom. The molecule has 3 aromatic carbocycles. The van der Waals surface area contributed by atoms with Crippen molar-refractivity contribution in [2.24, 2.45) is 4.99 Å². The van der Waals surface area contributed by atoms with E-state index in [2.05, 4.69) is 21.2 Å². The highest BCUT2D eigenvalue weighted by Crippen LogP contribution is 2.34. The summed E-state index contributed by atoms with van der Waals surface area (Å²) in [6, 6.07) is 22.6. The Hall–Kier alpha value is -2.87. The summed E-state index contributed by atoms with van der Waals surface area (Å²) in [6.45, 7) is 2.67. The topological polar surface area (TPSA) is 80.2 Å². The SMILES string of the molecule is C[C@H]1OC(c2ccc(OCCCO)cc2)=N[C@@]1(Cc1ccccc1Br)C(=O)NCc1ccccc1Cl. The van der Waals surface area contributed by atoms with Crippen LogP contribution in [0.25, 0.3) is 0 Å². The summed E-state index contributed by atoms with van der Waals surface area (Å²) >= 11 is 9.91. The number of amides is 1. The fourth-order valence-corrected chi connectivity index (χ4v) is 4.67. The van der Waals surface area contributed by atoms with Gasteiger partial charge in [0.05, 0.1) is 6.61 Å². The van der Waals surface area contributed by atoms with Gasteiger partial charge in [-0.3, -0.25) is 4.79 Å². The number of hydrogen-bond acceptors (Lipinski definition) is 5. The summed E-state index contributed by atoms with van der Waals surface area (Å²) in [4.78, 5) is 18.7. The van der Waals surface area contributed by atoms with Gasteiger partial charge in [0.2, 0.25) is 5.90 Å². The lowest BCUT2D eigenvalue weighted by Gasteiger charge is -2.28. The maximum absolute atomic E-state index is 13.8. The summed E-state index contributed by atoms with van der Waals surface area (Å²) < 4.78 is 12.7. The van der Waals surface area contributed by atoms with Crippen molar-refractivity contribution in [1.82, 2.24) is 5.32 Å². The fourth-order valence-electron chi connectivity index (χ4n) is 4.05. The van der Waals surface area contributed by atoms with Crippen LogP contribution in [0, 0.1) is 0 Å². The molecule has 8 heteroatoms. The van der Waals surface area contributed by atoms with Gasteiger partial charge in [-0.05, 0) is 54.4 Å². The molecule has 0 unspecified atom stereocenters. The van der Waals surface area contributed by atoms with Crippen molar-refractivity contribution in [3.8, 4) is 5.75 Å². The van der Waals surface area contributed by atoms with E-state index in [-0.39, 0.29) is 19.1 Å². The number of carbonyl (C=O) groups is 1. The number of aliphatic hydroxyl groups is 1. The molecule has 3 aromatic rings. The molecule has 0 saturated carbocycles. The molecule has 188 valence electrons. The highest BCUT2D eigenvalue weighted by atomic mass is 79.9. The number of aliphatic imine (C=N–C) groups is 1. The number of carbonyl (C=O) groups excluding carboxylic acids is 1. The van der Waals surface area contributed by atoms with Crippen LogP contribution in [-0.2, 0) is 22.5 Å². The van der Waals surface area contributed by atoms with Gasteiger partial charge in [-0.25, -0.2) is 4.99 Å². The average molecular weight is 572 g/mol. The fraction of sp³-hybridized carbons (Fsp3) is 0.286. The zero-order chi connectivity index (χ0) is 25.5. The molecule has 1 heterocycles. The van der Waals surface area contributed by atoms with Crippen LogP contribution in [0.3, 0.4) is 0 Å². The number of benzene rings is 3. The number of hydrogen-bond donors (Lipinski definition) is 2. The molecule has 0 radical (unpaired) electrons. The van der Waals surface area contributed by atoms with Crippen LogP contribution < -0.4 is 10.1 Å². The zero-order valence-corrected chi connectivity index (χ0v) is 22.3. The lowest BCUT2D eigenvalue weighted by Crippen LogP contribution is -2.52. The maximum atomic E-state index is 13.8. The quantitative estimate of drug-likeness (QED) is 0.323. The molecule has 0 saturated heterocycles. The molecular formula is C28H28BrClN2O4. The van der Waals surface area contributed by atoms with Gasteiger partial charge < -0.3 is 19.9 Å². The van der Waals surface area contributed by atoms with Crippen LogP contribution >= 0.6 is 27.5 Å². The minimum absolute atomic E-state index is 0.0821. The summed E-state index contributed by atoms with van der Waals surface area (Å²) in [7, 11) is 0. The van der Waals surface area contributed by atoms with Gasteiger partial charge in [0.1, 0.15) is 11.9 Å². The first-order valence-electron chi connectivity index (χ1n) is 11.8. The molecular weight excluding hydrogens is 544 g/mol. The first-order chi connectivity index (χ1) is 17.4. The van der Waals surface area contributed by atoms with Crippen LogP contribution in [0.5, 0.6) is 5.75 Å². The molecule has 0 bridgehead atoms. The summed E-state index contributed by atoms with van der Waals surface area (Å²) in [5.74, 6) is 0.866. The smallest absolute Gasteiger partial charge is 0.252 e. The molecule has 0 fully saturated rings. The molecule has 0 aromatic heterocycles. The molecule has 6 nitrogen and oxygen atoms in total. The van der Waals surface area contributed by atoms with Gasteiger partial charge >= 0.3 is 0 Å². The third-order valence-electron chi connectivity index (χ3n) is 6.14. The van der Waals surface area contributed by atoms with E-state index in [0.717, 1.165) is 21.2 Å². The molecule has 1 aliphatic heterocycles. The summed E-state index contributed by atoms with van der Waals surface area (Å²) in [6.07, 6.45) is 0.414. The number of ether oxygens (including phenoxy) is 2. The molecule has 0 aliphatic carbocycles. The van der Waals surface area contributed by atoms with Gasteiger partial charge in [0.15, 0.2) is 5.54 Å². The number of halogens is 2. The Labute approximate surface area is 224 Å². The second-order valence-corrected chi connectivity index (χ2v) is 9.86. The molecule has 1 amide bonds. The highest BCUT2D eigenvalue weighted by molar-refractivity contribution is 9.10. The van der Waals surface area contributed by atoms with E-state index >= 15 is 0 Å². The van der Waals surface area contributed by atoms with Gasteiger partial charge in [-0.1, -0.05) is 63.9 Å². The van der Waals surface area contributed by atoms with Crippen LogP contribution in [0.1, 0.15) is 30.0 Å². The normalized spacial score (nSPS) is 18.9. The first-order valence-corrected chi connectivity index (χ1v) is 13.0. The Balaban J connectivity index is 1.62. The third kappa shape index (κ3) is 5.91. The second-order valence-electron chi connectivity index (χ2n) is 8.59. The maximum Gasteiger partial charge on any atom is 0.252 e. The van der Waals surface area contributed by atoms with Crippen LogP contribution in [-0.4, -0.2) is 41.8 Å². The Morgan fingerprint density at radius 1 is 1.11 bits per heavy atom. The van der Waals surface area contributed by atoms with E-state index in [1.165, 1.54) is 0 Å². The minimum atomic E-state index is -1.17. The summed E-state index contributed by atoms with van der Waals surface area (Å²) in [5, 5.41) is 12.6. The standard InChI is InChI=1S/C28H28BrClN2O4/c1-19-28(17-21-7-2-4-9-24(21)29,27(34)31-18-22-8-3-5-10-25(22)30)32-26(36-19)20-11-13-23(14-12-20)35-16-6-15-33/h2-5,7-14,19,33H,6,15-18H2,1H3,(H,31,34)/t19-,28-/m1/s1. The van der Waals surface area contributed by atoms with Gasteiger partial charge in [-0.2, -0.15) is 0 Å². The molecule has 36 heavy (non-hydrogen) atoms. The van der Waals surface area contributed by atoms with Crippen molar-refractivity contribution in [3.63, 3.8) is 0 Å². The summed E-state index contributed by atoms with van der Waals surface area (Å²) in [5.41, 5.74) is 1.37. The molecule has 0 spiro atoms. The minimum Gasteiger partial charge on any atom is -0.494 e. The van der Waals surface area contributed by atoms with Gasteiger partial charge in [0, 0.05) is 41.1 Å². The van der Waals surface area contributed by atoms with Crippen molar-refractivity contribution in [2.45, 2.75) is 38.0 Å². The number of rotatable bonds is 10. The van der Waals surface area contributed by atoms with Crippen molar-refractivity contribution in [1.29, 1.82) is 0 Å². The van der Waals surface area contributed by atoms with Crippen LogP contribution in [0.15, 0.2) is 82.3 Å². The van der Waals surface area contributed by atoms with Crippen LogP contribution in [0.2, 0.25) is 5.02 Å².